The van der Waals surface area contributed by atoms with E-state index in [1.807, 2.05) is 53.1 Å². The molecular weight excluding hydrogens is 338 g/mol. The van der Waals surface area contributed by atoms with Crippen molar-refractivity contribution in [2.75, 3.05) is 12.4 Å². The number of fused-ring (bicyclic) bond motifs is 1. The summed E-state index contributed by atoms with van der Waals surface area (Å²) in [5.74, 6) is 1.32. The van der Waals surface area contributed by atoms with Crippen LogP contribution in [0.4, 0.5) is 5.95 Å². The van der Waals surface area contributed by atoms with E-state index in [9.17, 15) is 0 Å². The average Bonchev–Trinajstić information content (AvgIpc) is 3.13. The van der Waals surface area contributed by atoms with Gasteiger partial charge in [-0.3, -0.25) is 4.57 Å². The maximum absolute atomic E-state index is 5.29. The summed E-state index contributed by atoms with van der Waals surface area (Å²) >= 11 is 0. The van der Waals surface area contributed by atoms with E-state index in [1.165, 1.54) is 5.56 Å². The van der Waals surface area contributed by atoms with Gasteiger partial charge in [-0.15, -0.1) is 0 Å². The molecule has 0 amide bonds. The van der Waals surface area contributed by atoms with Gasteiger partial charge in [0.25, 0.3) is 0 Å². The van der Waals surface area contributed by atoms with E-state index in [0.29, 0.717) is 12.6 Å². The first-order valence-electron chi connectivity index (χ1n) is 8.85. The molecule has 0 aliphatic carbocycles. The van der Waals surface area contributed by atoms with Crippen LogP contribution in [0.15, 0.2) is 67.0 Å². The predicted octanol–water partition coefficient (Wildman–Crippen LogP) is 4.14. The topological polar surface area (TPSA) is 64.9 Å². The van der Waals surface area contributed by atoms with E-state index in [4.69, 9.17) is 9.72 Å². The number of methoxy groups -OCH3 is 1. The van der Waals surface area contributed by atoms with Crippen molar-refractivity contribution >= 4 is 17.0 Å². The minimum Gasteiger partial charge on any atom is -0.378 e. The van der Waals surface area contributed by atoms with E-state index in [2.05, 4.69) is 34.3 Å². The van der Waals surface area contributed by atoms with Gasteiger partial charge in [-0.2, -0.15) is 4.98 Å². The van der Waals surface area contributed by atoms with E-state index >= 15 is 0 Å². The first-order chi connectivity index (χ1) is 13.2. The number of imidazole rings is 1. The lowest BCUT2D eigenvalue weighted by Crippen LogP contribution is -2.12. The number of hydrogen-bond acceptors (Lipinski definition) is 5. The smallest absolute Gasteiger partial charge is 0.225 e. The van der Waals surface area contributed by atoms with E-state index in [-0.39, 0.29) is 6.04 Å². The number of nitrogens with one attached hydrogen (secondary N) is 1. The molecule has 0 unspecified atom stereocenters. The Morgan fingerprint density at radius 1 is 1.04 bits per heavy atom. The second-order valence-corrected chi connectivity index (χ2v) is 6.35. The summed E-state index contributed by atoms with van der Waals surface area (Å²) in [5.41, 5.74) is 3.91. The second kappa shape index (κ2) is 7.55. The SMILES string of the molecule is COCc1cc(-n2cnc3ccccc32)nc(N[C@@H](C)c2ccccc2)n1. The summed E-state index contributed by atoms with van der Waals surface area (Å²) in [6.45, 7) is 2.50. The fourth-order valence-electron chi connectivity index (χ4n) is 3.05. The predicted molar refractivity (Wildman–Crippen MR) is 106 cm³/mol. The van der Waals surface area contributed by atoms with Gasteiger partial charge in [0.1, 0.15) is 12.1 Å². The molecule has 1 N–H and O–H groups in total. The highest BCUT2D eigenvalue weighted by Crippen LogP contribution is 2.21. The molecule has 0 saturated heterocycles. The molecule has 2 aromatic heterocycles. The Balaban J connectivity index is 1.72. The van der Waals surface area contributed by atoms with Crippen molar-refractivity contribution in [3.63, 3.8) is 0 Å². The standard InChI is InChI=1S/C21H21N5O/c1-15(16-8-4-3-5-9-16)23-21-24-17(13-27-2)12-20(25-21)26-14-22-18-10-6-7-11-19(18)26/h3-12,14-15H,13H2,1-2H3,(H,23,24,25)/t15-/m0/s1. The van der Waals surface area contributed by atoms with E-state index < -0.39 is 0 Å². The number of aromatic nitrogens is 4. The average molecular weight is 359 g/mol. The van der Waals surface area contributed by atoms with Gasteiger partial charge in [0, 0.05) is 13.2 Å². The van der Waals surface area contributed by atoms with Gasteiger partial charge >= 0.3 is 0 Å². The highest BCUT2D eigenvalue weighted by Gasteiger charge is 2.12. The largest absolute Gasteiger partial charge is 0.378 e. The van der Waals surface area contributed by atoms with Gasteiger partial charge in [-0.25, -0.2) is 9.97 Å². The van der Waals surface area contributed by atoms with Crippen LogP contribution in [0.25, 0.3) is 16.9 Å². The third-order valence-electron chi connectivity index (χ3n) is 4.40. The molecule has 6 nitrogen and oxygen atoms in total. The zero-order valence-electron chi connectivity index (χ0n) is 15.3. The zero-order chi connectivity index (χ0) is 18.6. The normalized spacial score (nSPS) is 12.2. The Hall–Kier alpha value is -3.25. The molecule has 0 aliphatic rings. The Labute approximate surface area is 157 Å². The third-order valence-corrected chi connectivity index (χ3v) is 4.40. The number of nitrogens with zero attached hydrogens (tertiary/aromatic N) is 4. The molecule has 0 radical (unpaired) electrons. The Kier molecular flexibility index (Phi) is 4.80. The van der Waals surface area contributed by atoms with Crippen molar-refractivity contribution < 1.29 is 4.74 Å². The fraction of sp³-hybridized carbons (Fsp3) is 0.190. The van der Waals surface area contributed by atoms with Gasteiger partial charge < -0.3 is 10.1 Å². The summed E-state index contributed by atoms with van der Waals surface area (Å²) in [4.78, 5) is 13.8. The lowest BCUT2D eigenvalue weighted by atomic mass is 10.1. The Morgan fingerprint density at radius 3 is 2.63 bits per heavy atom. The molecule has 4 rings (SSSR count). The lowest BCUT2D eigenvalue weighted by Gasteiger charge is -2.16. The van der Waals surface area contributed by atoms with Crippen LogP contribution in [0, 0.1) is 0 Å². The molecule has 27 heavy (non-hydrogen) atoms. The highest BCUT2D eigenvalue weighted by molar-refractivity contribution is 5.76. The van der Waals surface area contributed by atoms with Crippen LogP contribution in [0.2, 0.25) is 0 Å². The van der Waals surface area contributed by atoms with Crippen molar-refractivity contribution in [3.05, 3.63) is 78.2 Å². The van der Waals surface area contributed by atoms with Gasteiger partial charge in [-0.05, 0) is 24.6 Å². The summed E-state index contributed by atoms with van der Waals surface area (Å²) < 4.78 is 7.26. The molecule has 2 aromatic carbocycles. The molecule has 1 atom stereocenters. The number of benzene rings is 2. The maximum atomic E-state index is 5.29. The summed E-state index contributed by atoms with van der Waals surface area (Å²) in [5, 5.41) is 3.40. The lowest BCUT2D eigenvalue weighted by molar-refractivity contribution is 0.181. The monoisotopic (exact) mass is 359 g/mol. The Morgan fingerprint density at radius 2 is 1.81 bits per heavy atom. The van der Waals surface area contributed by atoms with Crippen LogP contribution < -0.4 is 5.32 Å². The molecule has 0 aliphatic heterocycles. The Bertz CT molecular complexity index is 1040. The van der Waals surface area contributed by atoms with Crippen molar-refractivity contribution in [2.24, 2.45) is 0 Å². The minimum atomic E-state index is 0.0800. The number of rotatable bonds is 6. The molecule has 0 bridgehead atoms. The minimum absolute atomic E-state index is 0.0800. The molecule has 4 aromatic rings. The molecule has 136 valence electrons. The van der Waals surface area contributed by atoms with E-state index in [0.717, 1.165) is 22.5 Å². The molecular formula is C21H21N5O. The molecule has 0 saturated carbocycles. The van der Waals surface area contributed by atoms with Gasteiger partial charge in [-0.1, -0.05) is 42.5 Å². The zero-order valence-corrected chi connectivity index (χ0v) is 15.3. The first-order valence-corrected chi connectivity index (χ1v) is 8.85. The van der Waals surface area contributed by atoms with Gasteiger partial charge in [0.2, 0.25) is 5.95 Å². The van der Waals surface area contributed by atoms with Gasteiger partial charge in [0.15, 0.2) is 0 Å². The number of anilines is 1. The quantitative estimate of drug-likeness (QED) is 0.561. The maximum Gasteiger partial charge on any atom is 0.225 e. The van der Waals surface area contributed by atoms with Crippen molar-refractivity contribution in [1.82, 2.24) is 19.5 Å². The molecule has 2 heterocycles. The van der Waals surface area contributed by atoms with Gasteiger partial charge in [0.05, 0.1) is 29.4 Å². The van der Waals surface area contributed by atoms with E-state index in [1.54, 1.807) is 13.4 Å². The summed E-state index contributed by atoms with van der Waals surface area (Å²) in [7, 11) is 1.66. The van der Waals surface area contributed by atoms with Crippen LogP contribution in [0.5, 0.6) is 0 Å². The van der Waals surface area contributed by atoms with Crippen molar-refractivity contribution in [1.29, 1.82) is 0 Å². The summed E-state index contributed by atoms with van der Waals surface area (Å²) in [6, 6.07) is 20.2. The van der Waals surface area contributed by atoms with Crippen LogP contribution in [0.3, 0.4) is 0 Å². The third kappa shape index (κ3) is 3.66. The fourth-order valence-corrected chi connectivity index (χ4v) is 3.05. The summed E-state index contributed by atoms with van der Waals surface area (Å²) in [6.07, 6.45) is 1.79. The highest BCUT2D eigenvalue weighted by atomic mass is 16.5. The van der Waals surface area contributed by atoms with Crippen LogP contribution in [-0.4, -0.2) is 26.6 Å². The second-order valence-electron chi connectivity index (χ2n) is 6.35. The number of para-hydroxylation sites is 2. The molecule has 0 spiro atoms. The number of ether oxygens (including phenoxy) is 1. The first kappa shape index (κ1) is 17.2. The van der Waals surface area contributed by atoms with Crippen LogP contribution in [-0.2, 0) is 11.3 Å². The number of hydrogen-bond donors (Lipinski definition) is 1. The molecule has 6 heteroatoms. The molecule has 0 fully saturated rings. The van der Waals surface area contributed by atoms with Crippen LogP contribution in [0.1, 0.15) is 24.2 Å². The van der Waals surface area contributed by atoms with Crippen molar-refractivity contribution in [2.45, 2.75) is 19.6 Å². The van der Waals surface area contributed by atoms with Crippen molar-refractivity contribution in [3.8, 4) is 5.82 Å². The van der Waals surface area contributed by atoms with Crippen LogP contribution >= 0.6 is 0 Å².